The Morgan fingerprint density at radius 2 is 2.00 bits per heavy atom. The monoisotopic (exact) mass is 309 g/mol. The smallest absolute Gasteiger partial charge is 0.347 e. The first-order valence-electron chi connectivity index (χ1n) is 7.10. The van der Waals surface area contributed by atoms with Gasteiger partial charge in [-0.1, -0.05) is 12.1 Å². The number of hydrogen-bond acceptors (Lipinski definition) is 5. The van der Waals surface area contributed by atoms with Crippen molar-refractivity contribution in [3.05, 3.63) is 69.6 Å². The maximum atomic E-state index is 12.5. The van der Waals surface area contributed by atoms with Crippen LogP contribution in [0.1, 0.15) is 21.5 Å². The Morgan fingerprint density at radius 3 is 2.74 bits per heavy atom. The van der Waals surface area contributed by atoms with E-state index in [1.807, 2.05) is 0 Å². The molecule has 0 aliphatic rings. The maximum Gasteiger partial charge on any atom is 0.347 e. The highest BCUT2D eigenvalue weighted by Gasteiger charge is 2.19. The Kier molecular flexibility index (Phi) is 3.62. The minimum atomic E-state index is -0.700. The summed E-state index contributed by atoms with van der Waals surface area (Å²) in [7, 11) is 0. The van der Waals surface area contributed by atoms with Crippen molar-refractivity contribution >= 4 is 22.4 Å². The normalized spacial score (nSPS) is 10.8. The second-order valence-electron chi connectivity index (χ2n) is 5.41. The largest absolute Gasteiger partial charge is 0.508 e. The maximum absolute atomic E-state index is 12.5. The predicted molar refractivity (Wildman–Crippen MR) is 87.8 cm³/mol. The van der Waals surface area contributed by atoms with E-state index in [1.165, 1.54) is 12.1 Å². The van der Waals surface area contributed by atoms with Crippen LogP contribution in [-0.4, -0.2) is 10.9 Å². The molecular formula is C18H15NO4. The highest BCUT2D eigenvalue weighted by molar-refractivity contribution is 6.01. The van der Waals surface area contributed by atoms with Crippen LogP contribution in [0, 0.1) is 6.92 Å². The number of carbonyl (C=O) groups is 1. The molecule has 5 nitrogen and oxygen atoms in total. The van der Waals surface area contributed by atoms with E-state index in [0.29, 0.717) is 16.6 Å². The van der Waals surface area contributed by atoms with Gasteiger partial charge in [-0.15, -0.1) is 0 Å². The Bertz CT molecular complexity index is 972. The molecule has 3 N–H and O–H groups in total. The van der Waals surface area contributed by atoms with Gasteiger partial charge in [-0.3, -0.25) is 4.79 Å². The zero-order valence-corrected chi connectivity index (χ0v) is 12.5. The fourth-order valence-corrected chi connectivity index (χ4v) is 2.64. The van der Waals surface area contributed by atoms with Crippen LogP contribution in [0.2, 0.25) is 0 Å². The summed E-state index contributed by atoms with van der Waals surface area (Å²) in [5.41, 5.74) is 7.14. The average molecular weight is 309 g/mol. The molecular weight excluding hydrogens is 294 g/mol. The van der Waals surface area contributed by atoms with Crippen LogP contribution in [0.5, 0.6) is 5.75 Å². The summed E-state index contributed by atoms with van der Waals surface area (Å²) < 4.78 is 5.18. The van der Waals surface area contributed by atoms with Gasteiger partial charge in [0.05, 0.1) is 0 Å². The van der Waals surface area contributed by atoms with E-state index in [1.54, 1.807) is 37.3 Å². The number of aromatic hydroxyl groups is 1. The number of nitrogen functional groups attached to an aromatic ring is 1. The lowest BCUT2D eigenvalue weighted by molar-refractivity contribution is 0.0989. The van der Waals surface area contributed by atoms with Crippen LogP contribution < -0.4 is 11.4 Å². The lowest BCUT2D eigenvalue weighted by Crippen LogP contribution is -2.18. The molecule has 3 rings (SSSR count). The summed E-state index contributed by atoms with van der Waals surface area (Å²) in [6.07, 6.45) is 0.0697. The Hall–Kier alpha value is -3.08. The number of hydrogen-bond donors (Lipinski definition) is 2. The fourth-order valence-electron chi connectivity index (χ4n) is 2.64. The van der Waals surface area contributed by atoms with Gasteiger partial charge in [0, 0.05) is 23.6 Å². The quantitative estimate of drug-likeness (QED) is 0.441. The number of Topliss-reactive ketones (excluding diaryl/α,β-unsaturated/α-hetero) is 1. The number of rotatable bonds is 3. The SMILES string of the molecule is Cc1c(C(=O)Cc2cccc(N)c2)c(=O)oc2cc(O)ccc12. The van der Waals surface area contributed by atoms with Gasteiger partial charge in [0.25, 0.3) is 0 Å². The molecule has 116 valence electrons. The van der Waals surface area contributed by atoms with E-state index >= 15 is 0 Å². The number of anilines is 1. The third kappa shape index (κ3) is 2.81. The second-order valence-corrected chi connectivity index (χ2v) is 5.41. The molecule has 0 spiro atoms. The van der Waals surface area contributed by atoms with Crippen molar-refractivity contribution in [3.8, 4) is 5.75 Å². The molecule has 3 aromatic rings. The highest BCUT2D eigenvalue weighted by Crippen LogP contribution is 2.24. The van der Waals surface area contributed by atoms with Crippen LogP contribution >= 0.6 is 0 Å². The predicted octanol–water partition coefficient (Wildman–Crippen LogP) is 2.81. The van der Waals surface area contributed by atoms with Gasteiger partial charge >= 0.3 is 5.63 Å². The molecule has 23 heavy (non-hydrogen) atoms. The molecule has 0 fully saturated rings. The van der Waals surface area contributed by atoms with Crippen molar-refractivity contribution in [2.75, 3.05) is 5.73 Å². The number of phenols is 1. The van der Waals surface area contributed by atoms with Crippen LogP contribution in [0.15, 0.2) is 51.7 Å². The zero-order chi connectivity index (χ0) is 16.6. The Morgan fingerprint density at radius 1 is 1.22 bits per heavy atom. The van der Waals surface area contributed by atoms with Gasteiger partial charge in [-0.05, 0) is 42.3 Å². The van der Waals surface area contributed by atoms with Crippen LogP contribution in [-0.2, 0) is 6.42 Å². The molecule has 0 saturated carbocycles. The summed E-state index contributed by atoms with van der Waals surface area (Å²) in [5, 5.41) is 10.1. The fraction of sp³-hybridized carbons (Fsp3) is 0.111. The van der Waals surface area contributed by atoms with E-state index in [4.69, 9.17) is 10.2 Å². The van der Waals surface area contributed by atoms with Gasteiger partial charge in [0.2, 0.25) is 0 Å². The molecule has 0 amide bonds. The standard InChI is InChI=1S/C18H15NO4/c1-10-14-6-5-13(20)9-16(14)23-18(22)17(10)15(21)8-11-3-2-4-12(19)7-11/h2-7,9,20H,8,19H2,1H3. The molecule has 1 heterocycles. The van der Waals surface area contributed by atoms with Crippen molar-refractivity contribution < 1.29 is 14.3 Å². The number of ketones is 1. The summed E-state index contributed by atoms with van der Waals surface area (Å²) in [5.74, 6) is -0.323. The van der Waals surface area contributed by atoms with Crippen molar-refractivity contribution in [2.24, 2.45) is 0 Å². The summed E-state index contributed by atoms with van der Waals surface area (Å²) in [4.78, 5) is 24.7. The van der Waals surface area contributed by atoms with Gasteiger partial charge < -0.3 is 15.3 Å². The number of benzene rings is 2. The molecule has 0 radical (unpaired) electrons. The van der Waals surface area contributed by atoms with Gasteiger partial charge in [0.15, 0.2) is 5.78 Å². The first-order valence-corrected chi connectivity index (χ1v) is 7.10. The molecule has 0 bridgehead atoms. The summed E-state index contributed by atoms with van der Waals surface area (Å²) in [6, 6.07) is 11.4. The molecule has 1 aromatic heterocycles. The topological polar surface area (TPSA) is 93.5 Å². The molecule has 0 aliphatic carbocycles. The van der Waals surface area contributed by atoms with Crippen molar-refractivity contribution in [1.82, 2.24) is 0 Å². The number of carbonyl (C=O) groups excluding carboxylic acids is 1. The third-order valence-corrected chi connectivity index (χ3v) is 3.75. The van der Waals surface area contributed by atoms with Gasteiger partial charge in [-0.25, -0.2) is 4.79 Å². The highest BCUT2D eigenvalue weighted by atomic mass is 16.4. The lowest BCUT2D eigenvalue weighted by atomic mass is 9.98. The van der Waals surface area contributed by atoms with Crippen LogP contribution in [0.25, 0.3) is 11.0 Å². The third-order valence-electron chi connectivity index (χ3n) is 3.75. The Balaban J connectivity index is 2.07. The van der Waals surface area contributed by atoms with E-state index in [0.717, 1.165) is 5.56 Å². The van der Waals surface area contributed by atoms with Crippen LogP contribution in [0.4, 0.5) is 5.69 Å². The lowest BCUT2D eigenvalue weighted by Gasteiger charge is -2.07. The number of aryl methyl sites for hydroxylation is 1. The second kappa shape index (κ2) is 5.61. The Labute approximate surface area is 132 Å². The van der Waals surface area contributed by atoms with Crippen LogP contribution in [0.3, 0.4) is 0 Å². The molecule has 0 atom stereocenters. The van der Waals surface area contributed by atoms with E-state index in [9.17, 15) is 14.7 Å². The van der Waals surface area contributed by atoms with E-state index in [-0.39, 0.29) is 29.1 Å². The molecule has 2 aromatic carbocycles. The first kappa shape index (κ1) is 14.8. The number of phenolic OH excluding ortho intramolecular Hbond substituents is 1. The van der Waals surface area contributed by atoms with E-state index < -0.39 is 5.63 Å². The van der Waals surface area contributed by atoms with Gasteiger partial charge in [0.1, 0.15) is 16.9 Å². The zero-order valence-electron chi connectivity index (χ0n) is 12.5. The first-order chi connectivity index (χ1) is 11.0. The minimum absolute atomic E-state index is 0.00103. The average Bonchev–Trinajstić information content (AvgIpc) is 2.46. The molecule has 0 unspecified atom stereocenters. The number of nitrogens with two attached hydrogens (primary N) is 1. The van der Waals surface area contributed by atoms with Crippen molar-refractivity contribution in [3.63, 3.8) is 0 Å². The molecule has 5 heteroatoms. The minimum Gasteiger partial charge on any atom is -0.508 e. The molecule has 0 aliphatic heterocycles. The summed E-state index contributed by atoms with van der Waals surface area (Å²) >= 11 is 0. The number of fused-ring (bicyclic) bond motifs is 1. The van der Waals surface area contributed by atoms with Crippen molar-refractivity contribution in [1.29, 1.82) is 0 Å². The van der Waals surface area contributed by atoms with Crippen molar-refractivity contribution in [2.45, 2.75) is 13.3 Å². The van der Waals surface area contributed by atoms with Gasteiger partial charge in [-0.2, -0.15) is 0 Å². The summed E-state index contributed by atoms with van der Waals surface area (Å²) in [6.45, 7) is 1.70. The van der Waals surface area contributed by atoms with E-state index in [2.05, 4.69) is 0 Å². The molecule has 0 saturated heterocycles.